The predicted molar refractivity (Wildman–Crippen MR) is 110 cm³/mol. The van der Waals surface area contributed by atoms with E-state index in [1.807, 2.05) is 30.3 Å². The Labute approximate surface area is 171 Å². The van der Waals surface area contributed by atoms with Crippen LogP contribution in [0.3, 0.4) is 0 Å². The van der Waals surface area contributed by atoms with E-state index in [9.17, 15) is 13.2 Å². The highest BCUT2D eigenvalue weighted by atomic mass is 35.5. The SMILES string of the molecule is Cl.N[C@@H]1CN(C(=O)c2ccc(S(=O)(=O)NC3CC3)cc2)C[C@H]1c1ccccc1. The quantitative estimate of drug-likeness (QED) is 0.773. The fourth-order valence-corrected chi connectivity index (χ4v) is 4.80. The second-order valence-electron chi connectivity index (χ2n) is 7.31. The summed E-state index contributed by atoms with van der Waals surface area (Å²) in [7, 11) is -3.51. The van der Waals surface area contributed by atoms with E-state index in [2.05, 4.69) is 4.72 Å². The number of hydrogen-bond acceptors (Lipinski definition) is 4. The van der Waals surface area contributed by atoms with Crippen LogP contribution >= 0.6 is 12.4 Å². The predicted octanol–water partition coefficient (Wildman–Crippen LogP) is 2.12. The number of hydrogen-bond donors (Lipinski definition) is 2. The average molecular weight is 422 g/mol. The maximum atomic E-state index is 12.8. The second-order valence-corrected chi connectivity index (χ2v) is 9.03. The topological polar surface area (TPSA) is 92.5 Å². The van der Waals surface area contributed by atoms with Crippen molar-refractivity contribution in [1.82, 2.24) is 9.62 Å². The molecule has 1 amide bonds. The van der Waals surface area contributed by atoms with Gasteiger partial charge in [-0.15, -0.1) is 12.4 Å². The van der Waals surface area contributed by atoms with E-state index in [0.29, 0.717) is 18.7 Å². The smallest absolute Gasteiger partial charge is 0.253 e. The molecule has 6 nitrogen and oxygen atoms in total. The molecule has 150 valence electrons. The molecule has 1 saturated carbocycles. The lowest BCUT2D eigenvalue weighted by atomic mass is 9.95. The van der Waals surface area contributed by atoms with E-state index in [-0.39, 0.29) is 41.2 Å². The van der Waals surface area contributed by atoms with Crippen molar-refractivity contribution in [3.63, 3.8) is 0 Å². The molecular weight excluding hydrogens is 398 g/mol. The Morgan fingerprint density at radius 3 is 2.25 bits per heavy atom. The van der Waals surface area contributed by atoms with Gasteiger partial charge in [-0.2, -0.15) is 0 Å². The molecule has 1 saturated heterocycles. The van der Waals surface area contributed by atoms with Gasteiger partial charge >= 0.3 is 0 Å². The number of nitrogens with two attached hydrogens (primary N) is 1. The van der Waals surface area contributed by atoms with Crippen LogP contribution < -0.4 is 10.5 Å². The van der Waals surface area contributed by atoms with Crippen molar-refractivity contribution >= 4 is 28.3 Å². The molecule has 28 heavy (non-hydrogen) atoms. The molecule has 2 aromatic carbocycles. The molecule has 2 aromatic rings. The monoisotopic (exact) mass is 421 g/mol. The van der Waals surface area contributed by atoms with Gasteiger partial charge in [0, 0.05) is 36.7 Å². The van der Waals surface area contributed by atoms with Crippen LogP contribution in [0.25, 0.3) is 0 Å². The summed E-state index contributed by atoms with van der Waals surface area (Å²) in [5.41, 5.74) is 7.87. The maximum absolute atomic E-state index is 12.8. The van der Waals surface area contributed by atoms with Gasteiger partial charge in [-0.1, -0.05) is 30.3 Å². The third kappa shape index (κ3) is 4.38. The van der Waals surface area contributed by atoms with Crippen molar-refractivity contribution in [3.8, 4) is 0 Å². The molecule has 8 heteroatoms. The number of halogens is 1. The normalized spacial score (nSPS) is 22.0. The van der Waals surface area contributed by atoms with E-state index < -0.39 is 10.0 Å². The van der Waals surface area contributed by atoms with E-state index in [1.165, 1.54) is 12.1 Å². The summed E-state index contributed by atoms with van der Waals surface area (Å²) in [6.45, 7) is 1.05. The molecule has 2 atom stereocenters. The Kier molecular flexibility index (Phi) is 6.09. The summed E-state index contributed by atoms with van der Waals surface area (Å²) in [6.07, 6.45) is 1.77. The van der Waals surface area contributed by atoms with Gasteiger partial charge in [0.1, 0.15) is 0 Å². The molecular formula is C20H24ClN3O3S. The molecule has 2 aliphatic rings. The number of nitrogens with one attached hydrogen (secondary N) is 1. The summed E-state index contributed by atoms with van der Waals surface area (Å²) in [5, 5.41) is 0. The average Bonchev–Trinajstić information content (AvgIpc) is 3.39. The summed E-state index contributed by atoms with van der Waals surface area (Å²) in [6, 6.07) is 16.0. The van der Waals surface area contributed by atoms with E-state index >= 15 is 0 Å². The first-order valence-corrected chi connectivity index (χ1v) is 10.6. The zero-order valence-electron chi connectivity index (χ0n) is 15.3. The molecule has 0 unspecified atom stereocenters. The highest BCUT2D eigenvalue weighted by Gasteiger charge is 2.34. The Bertz CT molecular complexity index is 931. The fraction of sp³-hybridized carbons (Fsp3) is 0.350. The number of likely N-dealkylation sites (tertiary alicyclic amines) is 1. The number of amides is 1. The molecule has 1 aliphatic heterocycles. The lowest BCUT2D eigenvalue weighted by Gasteiger charge is -2.17. The summed E-state index contributed by atoms with van der Waals surface area (Å²) >= 11 is 0. The third-order valence-corrected chi connectivity index (χ3v) is 6.73. The van der Waals surface area contributed by atoms with Crippen molar-refractivity contribution in [2.75, 3.05) is 13.1 Å². The zero-order chi connectivity index (χ0) is 19.0. The van der Waals surface area contributed by atoms with Crippen LogP contribution in [0.15, 0.2) is 59.5 Å². The second kappa shape index (κ2) is 8.21. The maximum Gasteiger partial charge on any atom is 0.253 e. The zero-order valence-corrected chi connectivity index (χ0v) is 17.0. The number of sulfonamides is 1. The largest absolute Gasteiger partial charge is 0.336 e. The van der Waals surface area contributed by atoms with Gasteiger partial charge in [-0.3, -0.25) is 4.79 Å². The summed E-state index contributed by atoms with van der Waals surface area (Å²) in [5.74, 6) is -0.0134. The molecule has 0 bridgehead atoms. The van der Waals surface area contributed by atoms with Crippen LogP contribution in [0.2, 0.25) is 0 Å². The Morgan fingerprint density at radius 1 is 1.00 bits per heavy atom. The van der Waals surface area contributed by atoms with Crippen molar-refractivity contribution in [3.05, 3.63) is 65.7 Å². The first-order valence-electron chi connectivity index (χ1n) is 9.16. The summed E-state index contributed by atoms with van der Waals surface area (Å²) in [4.78, 5) is 14.8. The van der Waals surface area contributed by atoms with E-state index in [1.54, 1.807) is 17.0 Å². The minimum absolute atomic E-state index is 0. The van der Waals surface area contributed by atoms with Gasteiger partial charge in [-0.05, 0) is 42.7 Å². The van der Waals surface area contributed by atoms with Crippen LogP contribution in [-0.2, 0) is 10.0 Å². The number of carbonyl (C=O) groups is 1. The van der Waals surface area contributed by atoms with Crippen molar-refractivity contribution in [2.24, 2.45) is 5.73 Å². The summed E-state index contributed by atoms with van der Waals surface area (Å²) < 4.78 is 27.1. The van der Waals surface area contributed by atoms with Gasteiger partial charge in [0.2, 0.25) is 10.0 Å². The van der Waals surface area contributed by atoms with Crippen LogP contribution in [0.1, 0.15) is 34.7 Å². The lowest BCUT2D eigenvalue weighted by molar-refractivity contribution is 0.0789. The minimum Gasteiger partial charge on any atom is -0.336 e. The number of benzene rings is 2. The molecule has 0 spiro atoms. The molecule has 3 N–H and O–H groups in total. The molecule has 0 radical (unpaired) electrons. The van der Waals surface area contributed by atoms with Crippen molar-refractivity contribution in [2.45, 2.75) is 35.7 Å². The molecule has 1 aliphatic carbocycles. The first-order chi connectivity index (χ1) is 12.9. The molecule has 4 rings (SSSR count). The van der Waals surface area contributed by atoms with Gasteiger partial charge in [0.05, 0.1) is 4.90 Å². The first kappa shape index (κ1) is 20.8. The van der Waals surface area contributed by atoms with E-state index in [0.717, 1.165) is 18.4 Å². The number of nitrogens with zero attached hydrogens (tertiary/aromatic N) is 1. The Morgan fingerprint density at radius 2 is 1.64 bits per heavy atom. The highest BCUT2D eigenvalue weighted by molar-refractivity contribution is 7.89. The standard InChI is InChI=1S/C20H23N3O3S.ClH/c21-19-13-23(12-18(19)14-4-2-1-3-5-14)20(24)15-6-10-17(11-7-15)27(25,26)22-16-8-9-16;/h1-7,10-11,16,18-19,22H,8-9,12-13,21H2;1H/t18-,19+;/m0./s1. The van der Waals surface area contributed by atoms with Crippen LogP contribution in [0, 0.1) is 0 Å². The van der Waals surface area contributed by atoms with Gasteiger partial charge < -0.3 is 10.6 Å². The lowest BCUT2D eigenvalue weighted by Crippen LogP contribution is -2.32. The van der Waals surface area contributed by atoms with Crippen molar-refractivity contribution < 1.29 is 13.2 Å². The van der Waals surface area contributed by atoms with Crippen LogP contribution in [-0.4, -0.2) is 44.4 Å². The molecule has 0 aromatic heterocycles. The Hall–Kier alpha value is -1.93. The van der Waals surface area contributed by atoms with Crippen LogP contribution in [0.4, 0.5) is 0 Å². The van der Waals surface area contributed by atoms with Crippen LogP contribution in [0.5, 0.6) is 0 Å². The fourth-order valence-electron chi connectivity index (χ4n) is 3.50. The molecule has 2 fully saturated rings. The third-order valence-electron chi connectivity index (χ3n) is 5.19. The van der Waals surface area contributed by atoms with Gasteiger partial charge in [-0.25, -0.2) is 13.1 Å². The number of rotatable bonds is 5. The van der Waals surface area contributed by atoms with Gasteiger partial charge in [0.15, 0.2) is 0 Å². The highest BCUT2D eigenvalue weighted by Crippen LogP contribution is 2.28. The molecule has 1 heterocycles. The number of carbonyl (C=O) groups excluding carboxylic acids is 1. The minimum atomic E-state index is -3.51. The van der Waals surface area contributed by atoms with Crippen molar-refractivity contribution in [1.29, 1.82) is 0 Å². The Balaban J connectivity index is 0.00000225. The van der Waals surface area contributed by atoms with Gasteiger partial charge in [0.25, 0.3) is 5.91 Å². The van der Waals surface area contributed by atoms with E-state index in [4.69, 9.17) is 5.73 Å².